The van der Waals surface area contributed by atoms with Crippen molar-refractivity contribution in [2.24, 2.45) is 5.92 Å². The second-order valence-corrected chi connectivity index (χ2v) is 7.34. The zero-order chi connectivity index (χ0) is 17.1. The van der Waals surface area contributed by atoms with Crippen molar-refractivity contribution < 1.29 is 4.79 Å². The molecule has 2 aromatic rings. The second kappa shape index (κ2) is 7.36. The molecule has 1 aromatic carbocycles. The highest BCUT2D eigenvalue weighted by Crippen LogP contribution is 2.32. The van der Waals surface area contributed by atoms with Crippen LogP contribution in [0.2, 0.25) is 0 Å². The number of carbonyl (C=O) groups excluding carboxylic acids is 1. The van der Waals surface area contributed by atoms with E-state index in [4.69, 9.17) is 0 Å². The van der Waals surface area contributed by atoms with Crippen molar-refractivity contribution in [3.8, 4) is 0 Å². The van der Waals surface area contributed by atoms with Gasteiger partial charge in [0.2, 0.25) is 5.91 Å². The van der Waals surface area contributed by atoms with E-state index < -0.39 is 0 Å². The van der Waals surface area contributed by atoms with Crippen LogP contribution < -0.4 is 0 Å². The van der Waals surface area contributed by atoms with E-state index >= 15 is 0 Å². The number of pyridine rings is 1. The summed E-state index contributed by atoms with van der Waals surface area (Å²) in [6.07, 6.45) is 6.95. The van der Waals surface area contributed by atoms with Crippen LogP contribution in [0.5, 0.6) is 0 Å². The Balaban J connectivity index is 1.32. The number of hydrogen-bond donors (Lipinski definition) is 0. The van der Waals surface area contributed by atoms with Gasteiger partial charge in [-0.05, 0) is 42.0 Å². The Morgan fingerprint density at radius 2 is 1.76 bits per heavy atom. The van der Waals surface area contributed by atoms with Gasteiger partial charge in [-0.25, -0.2) is 0 Å². The van der Waals surface area contributed by atoms with Crippen LogP contribution in [0.15, 0.2) is 54.9 Å². The first-order valence-corrected chi connectivity index (χ1v) is 9.22. The molecule has 1 aromatic heterocycles. The molecule has 4 heteroatoms. The van der Waals surface area contributed by atoms with Crippen LogP contribution in [-0.4, -0.2) is 46.4 Å². The number of hydrogen-bond acceptors (Lipinski definition) is 3. The van der Waals surface area contributed by atoms with E-state index in [2.05, 4.69) is 22.0 Å². The molecular weight excluding hydrogens is 310 g/mol. The van der Waals surface area contributed by atoms with Crippen LogP contribution in [0.25, 0.3) is 0 Å². The summed E-state index contributed by atoms with van der Waals surface area (Å²) in [7, 11) is 0. The Morgan fingerprint density at radius 1 is 1.04 bits per heavy atom. The van der Waals surface area contributed by atoms with Gasteiger partial charge in [-0.15, -0.1) is 0 Å². The van der Waals surface area contributed by atoms with Crippen LogP contribution in [0.1, 0.15) is 24.0 Å². The van der Waals surface area contributed by atoms with E-state index in [9.17, 15) is 4.79 Å². The minimum Gasteiger partial charge on any atom is -0.339 e. The third kappa shape index (κ3) is 4.26. The fourth-order valence-corrected chi connectivity index (χ4v) is 3.47. The number of likely N-dealkylation sites (tertiary alicyclic amines) is 1. The molecule has 1 saturated carbocycles. The number of carbonyl (C=O) groups is 1. The van der Waals surface area contributed by atoms with Gasteiger partial charge in [-0.1, -0.05) is 30.3 Å². The molecule has 2 aliphatic rings. The third-order valence-corrected chi connectivity index (χ3v) is 5.25. The minimum atomic E-state index is 0.248. The first-order valence-electron chi connectivity index (χ1n) is 9.22. The molecule has 1 amide bonds. The average Bonchev–Trinajstić information content (AvgIpc) is 3.39. The first kappa shape index (κ1) is 16.3. The van der Waals surface area contributed by atoms with Crippen molar-refractivity contribution in [2.45, 2.75) is 31.8 Å². The van der Waals surface area contributed by atoms with Crippen molar-refractivity contribution in [1.82, 2.24) is 14.8 Å². The van der Waals surface area contributed by atoms with E-state index in [-0.39, 0.29) is 5.91 Å². The molecule has 1 aliphatic carbocycles. The summed E-state index contributed by atoms with van der Waals surface area (Å²) < 4.78 is 0. The lowest BCUT2D eigenvalue weighted by atomic mass is 10.0. The molecule has 0 spiro atoms. The maximum atomic E-state index is 12.5. The Morgan fingerprint density at radius 3 is 2.44 bits per heavy atom. The number of benzene rings is 1. The largest absolute Gasteiger partial charge is 0.339 e. The average molecular weight is 335 g/mol. The van der Waals surface area contributed by atoms with Crippen molar-refractivity contribution in [2.75, 3.05) is 19.6 Å². The van der Waals surface area contributed by atoms with Gasteiger partial charge >= 0.3 is 0 Å². The fraction of sp³-hybridized carbons (Fsp3) is 0.429. The summed E-state index contributed by atoms with van der Waals surface area (Å²) in [6, 6.07) is 14.7. The van der Waals surface area contributed by atoms with Gasteiger partial charge in [0.15, 0.2) is 0 Å². The molecule has 2 fully saturated rings. The monoisotopic (exact) mass is 335 g/mol. The normalized spacial score (nSPS) is 17.6. The lowest BCUT2D eigenvalue weighted by molar-refractivity contribution is -0.138. The van der Waals surface area contributed by atoms with Gasteiger partial charge in [-0.2, -0.15) is 0 Å². The van der Waals surface area contributed by atoms with Gasteiger partial charge in [0.25, 0.3) is 0 Å². The van der Waals surface area contributed by atoms with Gasteiger partial charge in [0.1, 0.15) is 0 Å². The van der Waals surface area contributed by atoms with Crippen molar-refractivity contribution >= 4 is 5.91 Å². The van der Waals surface area contributed by atoms with Gasteiger partial charge < -0.3 is 4.90 Å². The number of rotatable bonds is 7. The lowest BCUT2D eigenvalue weighted by Gasteiger charge is -2.45. The molecule has 4 nitrogen and oxygen atoms in total. The molecule has 4 rings (SSSR count). The summed E-state index contributed by atoms with van der Waals surface area (Å²) in [5.41, 5.74) is 2.41. The maximum Gasteiger partial charge on any atom is 0.227 e. The van der Waals surface area contributed by atoms with E-state index in [1.165, 1.54) is 18.4 Å². The van der Waals surface area contributed by atoms with E-state index in [0.29, 0.717) is 12.5 Å². The molecule has 0 bridgehead atoms. The summed E-state index contributed by atoms with van der Waals surface area (Å²) >= 11 is 0. The zero-order valence-electron chi connectivity index (χ0n) is 14.6. The zero-order valence-corrected chi connectivity index (χ0v) is 14.6. The van der Waals surface area contributed by atoms with Crippen LogP contribution in [0.4, 0.5) is 0 Å². The van der Waals surface area contributed by atoms with Gasteiger partial charge in [0, 0.05) is 44.6 Å². The topological polar surface area (TPSA) is 36.4 Å². The van der Waals surface area contributed by atoms with Crippen LogP contribution in [0.3, 0.4) is 0 Å². The van der Waals surface area contributed by atoms with E-state index in [1.807, 2.05) is 47.6 Å². The van der Waals surface area contributed by atoms with Crippen LogP contribution in [0, 0.1) is 5.92 Å². The molecule has 0 unspecified atom stereocenters. The number of aromatic nitrogens is 1. The maximum absolute atomic E-state index is 12.5. The van der Waals surface area contributed by atoms with Crippen molar-refractivity contribution in [1.29, 1.82) is 0 Å². The molecule has 1 aliphatic heterocycles. The first-order chi connectivity index (χ1) is 12.3. The van der Waals surface area contributed by atoms with E-state index in [0.717, 1.165) is 37.7 Å². The molecule has 130 valence electrons. The highest BCUT2D eigenvalue weighted by atomic mass is 16.2. The Hall–Kier alpha value is -2.20. The third-order valence-electron chi connectivity index (χ3n) is 5.25. The highest BCUT2D eigenvalue weighted by Gasteiger charge is 2.36. The predicted molar refractivity (Wildman–Crippen MR) is 97.9 cm³/mol. The number of amides is 1. The quantitative estimate of drug-likeness (QED) is 0.781. The molecule has 25 heavy (non-hydrogen) atoms. The summed E-state index contributed by atoms with van der Waals surface area (Å²) in [4.78, 5) is 21.1. The molecule has 0 radical (unpaired) electrons. The van der Waals surface area contributed by atoms with Gasteiger partial charge in [-0.3, -0.25) is 14.7 Å². The minimum absolute atomic E-state index is 0.248. The molecule has 2 heterocycles. The highest BCUT2D eigenvalue weighted by molar-refractivity contribution is 5.79. The summed E-state index contributed by atoms with van der Waals surface area (Å²) in [6.45, 7) is 3.85. The Kier molecular flexibility index (Phi) is 4.79. The Labute approximate surface area is 149 Å². The van der Waals surface area contributed by atoms with Crippen molar-refractivity contribution in [3.05, 3.63) is 66.0 Å². The lowest BCUT2D eigenvalue weighted by Crippen LogP contribution is -2.61. The molecule has 0 N–H and O–H groups in total. The van der Waals surface area contributed by atoms with Crippen molar-refractivity contribution in [3.63, 3.8) is 0 Å². The van der Waals surface area contributed by atoms with Crippen LogP contribution in [-0.2, 0) is 17.8 Å². The molecule has 0 atom stereocenters. The second-order valence-electron chi connectivity index (χ2n) is 7.34. The van der Waals surface area contributed by atoms with Crippen LogP contribution >= 0.6 is 0 Å². The number of nitrogens with zero attached hydrogens (tertiary/aromatic N) is 3. The summed E-state index contributed by atoms with van der Waals surface area (Å²) in [5, 5.41) is 0. The SMILES string of the molecule is O=C(Cc1ccccc1)N1CC(N(Cc2ccncc2)CC2CC2)C1. The van der Waals surface area contributed by atoms with E-state index in [1.54, 1.807) is 0 Å². The fourth-order valence-electron chi connectivity index (χ4n) is 3.47. The summed E-state index contributed by atoms with van der Waals surface area (Å²) in [5.74, 6) is 1.11. The smallest absolute Gasteiger partial charge is 0.227 e. The van der Waals surface area contributed by atoms with Gasteiger partial charge in [0.05, 0.1) is 6.42 Å². The predicted octanol–water partition coefficient (Wildman–Crippen LogP) is 2.75. The standard InChI is InChI=1S/C21H25N3O/c25-21(12-17-4-2-1-3-5-17)24-15-20(16-24)23(13-18-6-7-18)14-19-8-10-22-11-9-19/h1-5,8-11,18,20H,6-7,12-16H2. The molecular formula is C21H25N3O. The molecule has 1 saturated heterocycles. The Bertz CT molecular complexity index is 694.